The lowest BCUT2D eigenvalue weighted by Crippen LogP contribution is -2.46. The number of hydrogen-bond donors (Lipinski definition) is 1. The molecule has 6 nitrogen and oxygen atoms in total. The lowest BCUT2D eigenvalue weighted by atomic mass is 9.71. The summed E-state index contributed by atoms with van der Waals surface area (Å²) in [5.41, 5.74) is 4.02. The van der Waals surface area contributed by atoms with Gasteiger partial charge in [0.05, 0.1) is 18.4 Å². The average molecular weight is 396 g/mol. The van der Waals surface area contributed by atoms with Gasteiger partial charge in [0.1, 0.15) is 11.2 Å². The summed E-state index contributed by atoms with van der Waals surface area (Å²) in [6.07, 6.45) is 7.28. The van der Waals surface area contributed by atoms with E-state index in [1.807, 2.05) is 56.3 Å². The van der Waals surface area contributed by atoms with Crippen molar-refractivity contribution in [1.82, 2.24) is 9.78 Å². The Morgan fingerprint density at radius 3 is 2.70 bits per heavy atom. The second kappa shape index (κ2) is 6.33. The first kappa shape index (κ1) is 18.2. The number of terminal acetylenes is 1. The van der Waals surface area contributed by atoms with Gasteiger partial charge in [-0.05, 0) is 37.1 Å². The molecular formula is C24H20N4O2. The van der Waals surface area contributed by atoms with Crippen LogP contribution in [0.15, 0.2) is 48.7 Å². The van der Waals surface area contributed by atoms with Gasteiger partial charge >= 0.3 is 0 Å². The van der Waals surface area contributed by atoms with Gasteiger partial charge in [-0.15, -0.1) is 6.42 Å². The lowest BCUT2D eigenvalue weighted by Gasteiger charge is -2.32. The molecule has 6 heteroatoms. The highest BCUT2D eigenvalue weighted by Gasteiger charge is 2.57. The first-order chi connectivity index (χ1) is 14.5. The van der Waals surface area contributed by atoms with E-state index >= 15 is 0 Å². The van der Waals surface area contributed by atoms with E-state index in [4.69, 9.17) is 6.42 Å². The number of aryl methyl sites for hydroxylation is 2. The van der Waals surface area contributed by atoms with Crippen LogP contribution in [0.3, 0.4) is 0 Å². The van der Waals surface area contributed by atoms with Crippen molar-refractivity contribution in [2.24, 2.45) is 0 Å². The average Bonchev–Trinajstić information content (AvgIpc) is 3.23. The number of rotatable bonds is 2. The number of fused-ring (bicyclic) bond motifs is 4. The van der Waals surface area contributed by atoms with Crippen LogP contribution in [0.1, 0.15) is 28.7 Å². The summed E-state index contributed by atoms with van der Waals surface area (Å²) in [4.78, 5) is 28.3. The van der Waals surface area contributed by atoms with Gasteiger partial charge in [0.25, 0.3) is 0 Å². The molecule has 2 aromatic carbocycles. The number of anilines is 2. The molecule has 3 aromatic rings. The van der Waals surface area contributed by atoms with Gasteiger partial charge in [-0.25, -0.2) is 4.68 Å². The molecule has 0 aliphatic carbocycles. The van der Waals surface area contributed by atoms with Crippen LogP contribution >= 0.6 is 0 Å². The number of para-hydroxylation sites is 1. The highest BCUT2D eigenvalue weighted by Crippen LogP contribution is 2.52. The number of nitrogens with one attached hydrogen (secondary N) is 1. The van der Waals surface area contributed by atoms with E-state index in [0.717, 1.165) is 28.1 Å². The third kappa shape index (κ3) is 2.29. The molecule has 1 aromatic heterocycles. The van der Waals surface area contributed by atoms with Gasteiger partial charge in [-0.2, -0.15) is 5.10 Å². The molecule has 2 amide bonds. The minimum atomic E-state index is -1.13. The molecule has 0 saturated heterocycles. The third-order valence-corrected chi connectivity index (χ3v) is 6.02. The summed E-state index contributed by atoms with van der Waals surface area (Å²) in [5.74, 6) is 2.71. The van der Waals surface area contributed by atoms with E-state index in [2.05, 4.69) is 16.3 Å². The minimum absolute atomic E-state index is 0.0236. The van der Waals surface area contributed by atoms with Crippen LogP contribution in [0.5, 0.6) is 0 Å². The van der Waals surface area contributed by atoms with Gasteiger partial charge in [0.2, 0.25) is 11.8 Å². The number of nitrogens with zero attached hydrogens (tertiary/aromatic N) is 3. The van der Waals surface area contributed by atoms with E-state index in [9.17, 15) is 9.59 Å². The van der Waals surface area contributed by atoms with Gasteiger partial charge < -0.3 is 5.32 Å². The van der Waals surface area contributed by atoms with Crippen LogP contribution in [-0.4, -0.2) is 28.1 Å². The predicted octanol–water partition coefficient (Wildman–Crippen LogP) is 3.10. The summed E-state index contributed by atoms with van der Waals surface area (Å²) in [6.45, 7) is 4.11. The van der Waals surface area contributed by atoms with Crippen LogP contribution in [-0.2, 0) is 15.0 Å². The molecule has 1 N–H and O–H groups in total. The monoisotopic (exact) mass is 396 g/mol. The van der Waals surface area contributed by atoms with Crippen molar-refractivity contribution in [3.05, 3.63) is 70.9 Å². The van der Waals surface area contributed by atoms with Crippen LogP contribution in [0.25, 0.3) is 5.69 Å². The summed E-state index contributed by atoms with van der Waals surface area (Å²) in [5, 5.41) is 7.52. The molecule has 0 bridgehead atoms. The standard InChI is InChI=1S/C24H20N4O2/c1-4-11-27-20-10-9-15(2)12-17(20)24(23(27)30)13-21(29)26-22-18(24)14-25-28(22)19-8-6-5-7-16(19)3/h1,5-10,12,14H,11,13H2,2-3H3,(H,26,29)/t24-/m0/s1. The molecule has 148 valence electrons. The van der Waals surface area contributed by atoms with Crippen LogP contribution in [0.2, 0.25) is 0 Å². The maximum Gasteiger partial charge on any atom is 0.243 e. The van der Waals surface area contributed by atoms with Gasteiger partial charge in [0, 0.05) is 17.7 Å². The van der Waals surface area contributed by atoms with Crippen molar-refractivity contribution in [3.8, 4) is 18.0 Å². The normalized spacial score (nSPS) is 19.4. The van der Waals surface area contributed by atoms with Crippen molar-refractivity contribution in [2.75, 3.05) is 16.8 Å². The Kier molecular flexibility index (Phi) is 3.84. The largest absolute Gasteiger partial charge is 0.310 e. The molecule has 1 spiro atoms. The van der Waals surface area contributed by atoms with Crippen molar-refractivity contribution in [3.63, 3.8) is 0 Å². The van der Waals surface area contributed by atoms with E-state index in [-0.39, 0.29) is 24.8 Å². The Bertz CT molecular complexity index is 1270. The van der Waals surface area contributed by atoms with Crippen molar-refractivity contribution in [1.29, 1.82) is 0 Å². The SMILES string of the molecule is C#CCN1C(=O)[C@@]2(CC(=O)Nc3c2cnn3-c2ccccc2C)c2cc(C)ccc21. The highest BCUT2D eigenvalue weighted by molar-refractivity contribution is 6.16. The molecule has 0 fully saturated rings. The fraction of sp³-hybridized carbons (Fsp3) is 0.208. The van der Waals surface area contributed by atoms with Gasteiger partial charge in [-0.1, -0.05) is 41.8 Å². The molecule has 0 unspecified atom stereocenters. The zero-order valence-electron chi connectivity index (χ0n) is 16.8. The molecule has 3 heterocycles. The minimum Gasteiger partial charge on any atom is -0.310 e. The Morgan fingerprint density at radius 1 is 1.13 bits per heavy atom. The quantitative estimate of drug-likeness (QED) is 0.677. The topological polar surface area (TPSA) is 67.2 Å². The van der Waals surface area contributed by atoms with Crippen molar-refractivity contribution < 1.29 is 9.59 Å². The Hall–Kier alpha value is -3.85. The second-order valence-corrected chi connectivity index (χ2v) is 7.85. The molecule has 30 heavy (non-hydrogen) atoms. The van der Waals surface area contributed by atoms with Crippen LogP contribution < -0.4 is 10.2 Å². The summed E-state index contributed by atoms with van der Waals surface area (Å²) in [6, 6.07) is 13.6. The van der Waals surface area contributed by atoms with Crippen LogP contribution in [0, 0.1) is 26.2 Å². The van der Waals surface area contributed by atoms with E-state index in [1.165, 1.54) is 0 Å². The summed E-state index contributed by atoms with van der Waals surface area (Å²) >= 11 is 0. The zero-order valence-corrected chi connectivity index (χ0v) is 16.8. The molecule has 5 rings (SSSR count). The number of hydrogen-bond acceptors (Lipinski definition) is 3. The molecule has 1 atom stereocenters. The number of benzene rings is 2. The van der Waals surface area contributed by atoms with E-state index in [0.29, 0.717) is 11.4 Å². The lowest BCUT2D eigenvalue weighted by molar-refractivity contribution is -0.126. The van der Waals surface area contributed by atoms with Gasteiger partial charge in [0.15, 0.2) is 0 Å². The number of carbonyl (C=O) groups excluding carboxylic acids is 2. The Morgan fingerprint density at radius 2 is 1.93 bits per heavy atom. The highest BCUT2D eigenvalue weighted by atomic mass is 16.2. The molecule has 0 radical (unpaired) electrons. The zero-order chi connectivity index (χ0) is 21.0. The number of amides is 2. The predicted molar refractivity (Wildman–Crippen MR) is 115 cm³/mol. The van der Waals surface area contributed by atoms with Gasteiger partial charge in [-0.3, -0.25) is 14.5 Å². The third-order valence-electron chi connectivity index (χ3n) is 6.02. The maximum absolute atomic E-state index is 13.8. The summed E-state index contributed by atoms with van der Waals surface area (Å²) in [7, 11) is 0. The molecule has 0 saturated carbocycles. The maximum atomic E-state index is 13.8. The van der Waals surface area contributed by atoms with E-state index < -0.39 is 5.41 Å². The number of carbonyl (C=O) groups is 2. The fourth-order valence-electron chi connectivity index (χ4n) is 4.64. The summed E-state index contributed by atoms with van der Waals surface area (Å²) < 4.78 is 1.70. The molecular weight excluding hydrogens is 376 g/mol. The van der Waals surface area contributed by atoms with Crippen LogP contribution in [0.4, 0.5) is 11.5 Å². The first-order valence-electron chi connectivity index (χ1n) is 9.78. The van der Waals surface area contributed by atoms with E-state index in [1.54, 1.807) is 15.8 Å². The Balaban J connectivity index is 1.79. The van der Waals surface area contributed by atoms with Crippen molar-refractivity contribution >= 4 is 23.3 Å². The molecule has 2 aliphatic heterocycles. The fourth-order valence-corrected chi connectivity index (χ4v) is 4.64. The Labute approximate surface area is 174 Å². The molecule has 2 aliphatic rings. The smallest absolute Gasteiger partial charge is 0.243 e. The first-order valence-corrected chi connectivity index (χ1v) is 9.78. The second-order valence-electron chi connectivity index (χ2n) is 7.85. The number of aromatic nitrogens is 2. The van der Waals surface area contributed by atoms with Crippen molar-refractivity contribution in [2.45, 2.75) is 25.7 Å².